The Morgan fingerprint density at radius 2 is 2.24 bits per heavy atom. The van der Waals surface area contributed by atoms with Crippen molar-refractivity contribution in [3.8, 4) is 6.07 Å². The number of alkyl carbamates (subject to hydrolysis) is 1. The molecule has 1 N–H and O–H groups in total. The number of rotatable bonds is 2. The fraction of sp³-hybridized carbons (Fsp3) is 0.417. The lowest BCUT2D eigenvalue weighted by atomic mass is 10.2. The molecule has 0 fully saturated rings. The second-order valence-corrected chi connectivity index (χ2v) is 4.55. The van der Waals surface area contributed by atoms with Crippen LogP contribution < -0.4 is 5.32 Å². The summed E-state index contributed by atoms with van der Waals surface area (Å²) in [6.45, 7) is 5.68. The van der Waals surface area contributed by atoms with E-state index in [1.165, 1.54) is 6.20 Å². The van der Waals surface area contributed by atoms with Crippen LogP contribution in [0.4, 0.5) is 4.79 Å². The molecule has 1 aromatic rings. The lowest BCUT2D eigenvalue weighted by molar-refractivity contribution is 0.0523. The van der Waals surface area contributed by atoms with Gasteiger partial charge in [0, 0.05) is 18.9 Å². The van der Waals surface area contributed by atoms with Crippen LogP contribution in [-0.2, 0) is 11.3 Å². The summed E-state index contributed by atoms with van der Waals surface area (Å²) in [6, 6.07) is 3.66. The second kappa shape index (κ2) is 5.30. The Kier molecular flexibility index (Phi) is 4.05. The smallest absolute Gasteiger partial charge is 0.407 e. The summed E-state index contributed by atoms with van der Waals surface area (Å²) in [5.74, 6) is 0. The third kappa shape index (κ3) is 4.98. The van der Waals surface area contributed by atoms with Crippen LogP contribution in [0.2, 0.25) is 0 Å². The fourth-order valence-corrected chi connectivity index (χ4v) is 1.13. The van der Waals surface area contributed by atoms with Gasteiger partial charge in [0.25, 0.3) is 0 Å². The molecule has 1 heterocycles. The van der Waals surface area contributed by atoms with Gasteiger partial charge in [0.2, 0.25) is 0 Å². The van der Waals surface area contributed by atoms with Crippen LogP contribution >= 0.6 is 0 Å². The molecule has 1 rings (SSSR count). The molecule has 1 amide bonds. The summed E-state index contributed by atoms with van der Waals surface area (Å²) in [4.78, 5) is 15.3. The van der Waals surface area contributed by atoms with Gasteiger partial charge in [-0.25, -0.2) is 4.79 Å². The molecule has 5 heteroatoms. The molecular formula is C12H15N3O2. The van der Waals surface area contributed by atoms with Gasteiger partial charge in [0.05, 0.1) is 5.56 Å². The summed E-state index contributed by atoms with van der Waals surface area (Å²) in [7, 11) is 0. The molecular weight excluding hydrogens is 218 g/mol. The predicted octanol–water partition coefficient (Wildman–Crippen LogP) is 1.98. The number of carbonyl (C=O) groups is 1. The summed E-state index contributed by atoms with van der Waals surface area (Å²) in [5.41, 5.74) is 0.708. The number of carbonyl (C=O) groups excluding carboxylic acids is 1. The van der Waals surface area contributed by atoms with Crippen molar-refractivity contribution >= 4 is 6.09 Å². The van der Waals surface area contributed by atoms with Crippen molar-refractivity contribution in [2.45, 2.75) is 32.9 Å². The average Bonchev–Trinajstić information content (AvgIpc) is 2.24. The molecule has 0 aliphatic rings. The van der Waals surface area contributed by atoms with E-state index in [4.69, 9.17) is 10.00 Å². The molecule has 0 aromatic carbocycles. The highest BCUT2D eigenvalue weighted by Gasteiger charge is 2.15. The number of nitrogens with one attached hydrogen (secondary N) is 1. The third-order valence-corrected chi connectivity index (χ3v) is 1.76. The number of ether oxygens (including phenoxy) is 1. The maximum absolute atomic E-state index is 11.4. The van der Waals surface area contributed by atoms with Crippen molar-refractivity contribution in [3.05, 3.63) is 29.6 Å². The Morgan fingerprint density at radius 1 is 1.53 bits per heavy atom. The minimum absolute atomic E-state index is 0.289. The van der Waals surface area contributed by atoms with Crippen molar-refractivity contribution in [1.82, 2.24) is 10.3 Å². The van der Waals surface area contributed by atoms with E-state index in [-0.39, 0.29) is 6.54 Å². The van der Waals surface area contributed by atoms with Gasteiger partial charge < -0.3 is 10.1 Å². The number of amides is 1. The van der Waals surface area contributed by atoms with Gasteiger partial charge in [0.15, 0.2) is 0 Å². The van der Waals surface area contributed by atoms with E-state index in [0.29, 0.717) is 5.56 Å². The Hall–Kier alpha value is -2.09. The van der Waals surface area contributed by atoms with Gasteiger partial charge in [-0.3, -0.25) is 4.98 Å². The largest absolute Gasteiger partial charge is 0.444 e. The molecule has 0 aliphatic carbocycles. The number of nitriles is 1. The molecule has 0 spiro atoms. The molecule has 0 radical (unpaired) electrons. The predicted molar refractivity (Wildman–Crippen MR) is 62.0 cm³/mol. The zero-order valence-electron chi connectivity index (χ0n) is 10.2. The summed E-state index contributed by atoms with van der Waals surface area (Å²) in [6.07, 6.45) is 2.58. The minimum Gasteiger partial charge on any atom is -0.444 e. The van der Waals surface area contributed by atoms with Crippen molar-refractivity contribution in [3.63, 3.8) is 0 Å². The Morgan fingerprint density at radius 3 is 2.82 bits per heavy atom. The van der Waals surface area contributed by atoms with Gasteiger partial charge in [0.1, 0.15) is 11.7 Å². The SMILES string of the molecule is CC(C)(C)OC(=O)NCc1cncc(C#N)c1. The van der Waals surface area contributed by atoms with Crippen LogP contribution in [0.5, 0.6) is 0 Å². The lowest BCUT2D eigenvalue weighted by Crippen LogP contribution is -2.32. The van der Waals surface area contributed by atoms with Crippen molar-refractivity contribution in [2.75, 3.05) is 0 Å². The maximum atomic E-state index is 11.4. The number of aromatic nitrogens is 1. The van der Waals surface area contributed by atoms with E-state index in [2.05, 4.69) is 10.3 Å². The molecule has 90 valence electrons. The average molecular weight is 233 g/mol. The first-order chi connectivity index (χ1) is 7.90. The quantitative estimate of drug-likeness (QED) is 0.847. The van der Waals surface area contributed by atoms with Crippen molar-refractivity contribution in [2.24, 2.45) is 0 Å². The summed E-state index contributed by atoms with van der Waals surface area (Å²) >= 11 is 0. The Balaban J connectivity index is 2.51. The first-order valence-electron chi connectivity index (χ1n) is 5.21. The summed E-state index contributed by atoms with van der Waals surface area (Å²) in [5, 5.41) is 11.3. The standard InChI is InChI=1S/C12H15N3O2/c1-12(2,3)17-11(16)15-8-10-4-9(5-13)6-14-7-10/h4,6-7H,8H2,1-3H3,(H,15,16). The van der Waals surface area contributed by atoms with Crippen LogP contribution in [0.3, 0.4) is 0 Å². The van der Waals surface area contributed by atoms with Gasteiger partial charge in [-0.1, -0.05) is 0 Å². The van der Waals surface area contributed by atoms with Crippen LogP contribution in [-0.4, -0.2) is 16.7 Å². The van der Waals surface area contributed by atoms with Crippen molar-refractivity contribution < 1.29 is 9.53 Å². The van der Waals surface area contributed by atoms with E-state index >= 15 is 0 Å². The van der Waals surface area contributed by atoms with Crippen molar-refractivity contribution in [1.29, 1.82) is 5.26 Å². The fourth-order valence-electron chi connectivity index (χ4n) is 1.13. The highest BCUT2D eigenvalue weighted by Crippen LogP contribution is 2.07. The highest BCUT2D eigenvalue weighted by molar-refractivity contribution is 5.67. The zero-order chi connectivity index (χ0) is 12.9. The molecule has 0 bridgehead atoms. The number of pyridine rings is 1. The van der Waals surface area contributed by atoms with Crippen LogP contribution in [0.1, 0.15) is 31.9 Å². The molecule has 17 heavy (non-hydrogen) atoms. The van der Waals surface area contributed by atoms with Crippen LogP contribution in [0, 0.1) is 11.3 Å². The molecule has 5 nitrogen and oxygen atoms in total. The van der Waals surface area contributed by atoms with Gasteiger partial charge >= 0.3 is 6.09 Å². The normalized spacial score (nSPS) is 10.5. The van der Waals surface area contributed by atoms with E-state index in [1.54, 1.807) is 33.0 Å². The molecule has 0 atom stereocenters. The van der Waals surface area contributed by atoms with Crippen LogP contribution in [0.15, 0.2) is 18.5 Å². The third-order valence-electron chi connectivity index (χ3n) is 1.76. The molecule has 0 unspecified atom stereocenters. The molecule has 0 saturated heterocycles. The van der Waals surface area contributed by atoms with Gasteiger partial charge in [-0.15, -0.1) is 0 Å². The van der Waals surface area contributed by atoms with E-state index < -0.39 is 11.7 Å². The Labute approximate surface area is 100 Å². The second-order valence-electron chi connectivity index (χ2n) is 4.55. The zero-order valence-corrected chi connectivity index (χ0v) is 10.2. The topological polar surface area (TPSA) is 75.0 Å². The number of nitrogens with zero attached hydrogens (tertiary/aromatic N) is 2. The van der Waals surface area contributed by atoms with E-state index in [9.17, 15) is 4.79 Å². The number of hydrogen-bond donors (Lipinski definition) is 1. The monoisotopic (exact) mass is 233 g/mol. The minimum atomic E-state index is -0.517. The van der Waals surface area contributed by atoms with Crippen LogP contribution in [0.25, 0.3) is 0 Å². The first-order valence-corrected chi connectivity index (χ1v) is 5.21. The lowest BCUT2D eigenvalue weighted by Gasteiger charge is -2.19. The maximum Gasteiger partial charge on any atom is 0.407 e. The Bertz CT molecular complexity index is 444. The molecule has 0 saturated carbocycles. The van der Waals surface area contributed by atoms with Gasteiger partial charge in [-0.05, 0) is 32.4 Å². The molecule has 1 aromatic heterocycles. The molecule has 0 aliphatic heterocycles. The van der Waals surface area contributed by atoms with E-state index in [1.807, 2.05) is 6.07 Å². The first kappa shape index (κ1) is 13.0. The number of hydrogen-bond acceptors (Lipinski definition) is 4. The summed E-state index contributed by atoms with van der Waals surface area (Å²) < 4.78 is 5.08. The van der Waals surface area contributed by atoms with Gasteiger partial charge in [-0.2, -0.15) is 5.26 Å². The van der Waals surface area contributed by atoms with E-state index in [0.717, 1.165) is 5.56 Å². The highest BCUT2D eigenvalue weighted by atomic mass is 16.6.